The number of hydrogen-bond acceptors (Lipinski definition) is 6. The summed E-state index contributed by atoms with van der Waals surface area (Å²) in [6.45, 7) is 14.4. The van der Waals surface area contributed by atoms with Gasteiger partial charge < -0.3 is 9.64 Å². The van der Waals surface area contributed by atoms with E-state index < -0.39 is 0 Å². The van der Waals surface area contributed by atoms with Crippen LogP contribution in [0.25, 0.3) is 0 Å². The zero-order chi connectivity index (χ0) is 19.1. The van der Waals surface area contributed by atoms with Crippen molar-refractivity contribution in [2.45, 2.75) is 45.8 Å². The first-order valence-electron chi connectivity index (χ1n) is 10.2. The number of ether oxygens (including phenoxy) is 1. The molecule has 3 rings (SSSR count). The Morgan fingerprint density at radius 2 is 1.70 bits per heavy atom. The highest BCUT2D eigenvalue weighted by molar-refractivity contribution is 5.30. The Balaban J connectivity index is 1.30. The molecule has 0 N–H and O–H groups in total. The molecule has 6 nitrogen and oxygen atoms in total. The lowest BCUT2D eigenvalue weighted by atomic mass is 10.1. The average molecular weight is 372 g/mol. The third-order valence-electron chi connectivity index (χ3n) is 5.45. The van der Waals surface area contributed by atoms with E-state index in [0.29, 0.717) is 18.8 Å². The van der Waals surface area contributed by atoms with Crippen molar-refractivity contribution < 1.29 is 4.74 Å². The van der Waals surface area contributed by atoms with Crippen LogP contribution in [0.4, 0.5) is 5.95 Å². The van der Waals surface area contributed by atoms with E-state index in [9.17, 15) is 0 Å². The second-order valence-electron chi connectivity index (χ2n) is 7.82. The molecule has 2 aliphatic rings. The SMILES string of the molecule is Cc1cnc(N2CCC(OCC#CCN3CCN(C(C)C)CC3)CC2)nc1. The van der Waals surface area contributed by atoms with Crippen molar-refractivity contribution >= 4 is 5.95 Å². The molecule has 0 unspecified atom stereocenters. The van der Waals surface area contributed by atoms with Gasteiger partial charge >= 0.3 is 0 Å². The number of piperidine rings is 1. The second kappa shape index (κ2) is 10.0. The standard InChI is InChI=1S/C21H33N5O/c1-18(2)25-13-11-24(12-14-25)8-4-5-15-27-20-6-9-26(10-7-20)21-22-16-19(3)17-23-21/h16-18,20H,6-15H2,1-3H3. The molecule has 0 saturated carbocycles. The number of aromatic nitrogens is 2. The molecule has 0 atom stereocenters. The Kier molecular flexibility index (Phi) is 7.45. The molecule has 2 saturated heterocycles. The lowest BCUT2D eigenvalue weighted by Crippen LogP contribution is -2.48. The van der Waals surface area contributed by atoms with Gasteiger partial charge in [0.1, 0.15) is 6.61 Å². The first-order valence-corrected chi connectivity index (χ1v) is 10.2. The van der Waals surface area contributed by atoms with Gasteiger partial charge in [-0.05, 0) is 39.2 Å². The van der Waals surface area contributed by atoms with Crippen LogP contribution in [0.1, 0.15) is 32.3 Å². The summed E-state index contributed by atoms with van der Waals surface area (Å²) in [7, 11) is 0. The molecule has 27 heavy (non-hydrogen) atoms. The third-order valence-corrected chi connectivity index (χ3v) is 5.45. The van der Waals surface area contributed by atoms with Crippen molar-refractivity contribution in [3.63, 3.8) is 0 Å². The fraction of sp³-hybridized carbons (Fsp3) is 0.714. The molecule has 2 aliphatic heterocycles. The summed E-state index contributed by atoms with van der Waals surface area (Å²) in [4.78, 5) is 16.0. The van der Waals surface area contributed by atoms with Crippen LogP contribution in [-0.4, -0.2) is 84.3 Å². The van der Waals surface area contributed by atoms with Gasteiger partial charge in [-0.2, -0.15) is 0 Å². The van der Waals surface area contributed by atoms with Crippen molar-refractivity contribution in [3.8, 4) is 11.8 Å². The summed E-state index contributed by atoms with van der Waals surface area (Å²) < 4.78 is 5.96. The van der Waals surface area contributed by atoms with E-state index in [-0.39, 0.29) is 0 Å². The molecule has 0 radical (unpaired) electrons. The van der Waals surface area contributed by atoms with Gasteiger partial charge in [-0.3, -0.25) is 9.80 Å². The molecular formula is C21H33N5O. The molecule has 0 amide bonds. The summed E-state index contributed by atoms with van der Waals surface area (Å²) in [6, 6.07) is 0.649. The van der Waals surface area contributed by atoms with Crippen LogP contribution in [0.3, 0.4) is 0 Å². The molecule has 3 heterocycles. The van der Waals surface area contributed by atoms with Crippen LogP contribution in [0.5, 0.6) is 0 Å². The minimum Gasteiger partial charge on any atom is -0.365 e. The Morgan fingerprint density at radius 1 is 1.04 bits per heavy atom. The van der Waals surface area contributed by atoms with Crippen molar-refractivity contribution in [3.05, 3.63) is 18.0 Å². The van der Waals surface area contributed by atoms with E-state index in [1.165, 1.54) is 0 Å². The van der Waals surface area contributed by atoms with E-state index in [2.05, 4.69) is 50.4 Å². The Labute approximate surface area is 163 Å². The molecule has 0 bridgehead atoms. The van der Waals surface area contributed by atoms with E-state index in [0.717, 1.165) is 70.2 Å². The number of aryl methyl sites for hydroxylation is 1. The van der Waals surface area contributed by atoms with Crippen LogP contribution >= 0.6 is 0 Å². The lowest BCUT2D eigenvalue weighted by Gasteiger charge is -2.36. The largest absolute Gasteiger partial charge is 0.365 e. The van der Waals surface area contributed by atoms with E-state index in [4.69, 9.17) is 4.74 Å². The molecule has 148 valence electrons. The molecule has 0 aromatic carbocycles. The van der Waals surface area contributed by atoms with E-state index >= 15 is 0 Å². The van der Waals surface area contributed by atoms with Gasteiger partial charge in [-0.1, -0.05) is 11.8 Å². The third kappa shape index (κ3) is 6.17. The van der Waals surface area contributed by atoms with Gasteiger partial charge in [-0.15, -0.1) is 0 Å². The lowest BCUT2D eigenvalue weighted by molar-refractivity contribution is 0.0592. The molecule has 6 heteroatoms. The van der Waals surface area contributed by atoms with Gasteiger partial charge in [0.2, 0.25) is 5.95 Å². The zero-order valence-electron chi connectivity index (χ0n) is 17.0. The minimum absolute atomic E-state index is 0.301. The molecule has 0 spiro atoms. The summed E-state index contributed by atoms with van der Waals surface area (Å²) in [6.07, 6.45) is 6.08. The van der Waals surface area contributed by atoms with Gasteiger partial charge in [0.05, 0.1) is 12.6 Å². The van der Waals surface area contributed by atoms with Crippen LogP contribution in [0.2, 0.25) is 0 Å². The highest BCUT2D eigenvalue weighted by Gasteiger charge is 2.21. The molecule has 1 aromatic rings. The van der Waals surface area contributed by atoms with Gasteiger partial charge in [0, 0.05) is 57.7 Å². The average Bonchev–Trinajstić information content (AvgIpc) is 2.69. The summed E-state index contributed by atoms with van der Waals surface area (Å²) in [5.41, 5.74) is 1.09. The molecular weight excluding hydrogens is 338 g/mol. The van der Waals surface area contributed by atoms with Crippen LogP contribution < -0.4 is 4.90 Å². The normalized spacial score (nSPS) is 19.9. The highest BCUT2D eigenvalue weighted by atomic mass is 16.5. The number of anilines is 1. The van der Waals surface area contributed by atoms with Crippen molar-refractivity contribution in [2.75, 3.05) is 57.3 Å². The van der Waals surface area contributed by atoms with Gasteiger partial charge in [0.25, 0.3) is 0 Å². The van der Waals surface area contributed by atoms with Crippen LogP contribution in [0, 0.1) is 18.8 Å². The number of nitrogens with zero attached hydrogens (tertiary/aromatic N) is 5. The van der Waals surface area contributed by atoms with Crippen molar-refractivity contribution in [1.29, 1.82) is 0 Å². The highest BCUT2D eigenvalue weighted by Crippen LogP contribution is 2.17. The maximum absolute atomic E-state index is 5.96. The Hall–Kier alpha value is -1.68. The minimum atomic E-state index is 0.301. The monoisotopic (exact) mass is 371 g/mol. The van der Waals surface area contributed by atoms with Gasteiger partial charge in [0.15, 0.2) is 0 Å². The van der Waals surface area contributed by atoms with E-state index in [1.54, 1.807) is 0 Å². The number of hydrogen-bond donors (Lipinski definition) is 0. The Bertz CT molecular complexity index is 620. The number of rotatable bonds is 5. The van der Waals surface area contributed by atoms with E-state index in [1.807, 2.05) is 19.3 Å². The quantitative estimate of drug-likeness (QED) is 0.736. The zero-order valence-corrected chi connectivity index (χ0v) is 17.0. The first-order chi connectivity index (χ1) is 13.1. The van der Waals surface area contributed by atoms with Crippen molar-refractivity contribution in [2.24, 2.45) is 0 Å². The Morgan fingerprint density at radius 3 is 2.33 bits per heavy atom. The number of piperazine rings is 1. The molecule has 2 fully saturated rings. The van der Waals surface area contributed by atoms with Gasteiger partial charge in [-0.25, -0.2) is 9.97 Å². The van der Waals surface area contributed by atoms with Crippen LogP contribution in [-0.2, 0) is 4.74 Å². The maximum Gasteiger partial charge on any atom is 0.225 e. The van der Waals surface area contributed by atoms with Crippen LogP contribution in [0.15, 0.2) is 12.4 Å². The molecule has 1 aromatic heterocycles. The fourth-order valence-corrected chi connectivity index (χ4v) is 3.59. The summed E-state index contributed by atoms with van der Waals surface area (Å²) >= 11 is 0. The summed E-state index contributed by atoms with van der Waals surface area (Å²) in [5.74, 6) is 7.31. The van der Waals surface area contributed by atoms with Crippen molar-refractivity contribution in [1.82, 2.24) is 19.8 Å². The predicted molar refractivity (Wildman–Crippen MR) is 109 cm³/mol. The first kappa shape index (κ1) is 20.1. The maximum atomic E-state index is 5.96. The second-order valence-corrected chi connectivity index (χ2v) is 7.82. The predicted octanol–water partition coefficient (Wildman–Crippen LogP) is 1.80. The smallest absolute Gasteiger partial charge is 0.225 e. The fourth-order valence-electron chi connectivity index (χ4n) is 3.59. The summed E-state index contributed by atoms with van der Waals surface area (Å²) in [5, 5.41) is 0. The molecule has 0 aliphatic carbocycles. The topological polar surface area (TPSA) is 44.7 Å².